The summed E-state index contributed by atoms with van der Waals surface area (Å²) in [5, 5.41) is 0. The van der Waals surface area contributed by atoms with Gasteiger partial charge < -0.3 is 9.15 Å². The predicted octanol–water partition coefficient (Wildman–Crippen LogP) is 2.78. The van der Waals surface area contributed by atoms with Crippen LogP contribution in [0.2, 0.25) is 0 Å². The van der Waals surface area contributed by atoms with E-state index in [0.717, 1.165) is 13.0 Å². The Balaban J connectivity index is 1.59. The maximum atomic E-state index is 5.31. The fourth-order valence-electron chi connectivity index (χ4n) is 1.53. The van der Waals surface area contributed by atoms with Crippen LogP contribution in [0.5, 0.6) is 0 Å². The predicted molar refractivity (Wildman–Crippen MR) is 50.6 cm³/mol. The van der Waals surface area contributed by atoms with Gasteiger partial charge in [0.1, 0.15) is 0 Å². The Morgan fingerprint density at radius 3 is 2.92 bits per heavy atom. The normalized spacial score (nSPS) is 26.2. The van der Waals surface area contributed by atoms with E-state index in [9.17, 15) is 0 Å². The molecular weight excluding hydrogens is 164 g/mol. The molecule has 2 heterocycles. The Labute approximate surface area is 78.9 Å². The highest BCUT2D eigenvalue weighted by Gasteiger charge is 2.37. The lowest BCUT2D eigenvalue weighted by Gasteiger charge is -2.03. The van der Waals surface area contributed by atoms with Crippen molar-refractivity contribution in [2.75, 3.05) is 6.61 Å². The molecule has 1 fully saturated rings. The highest BCUT2D eigenvalue weighted by atomic mass is 16.6. The summed E-state index contributed by atoms with van der Waals surface area (Å²) in [5.74, 6) is 0. The summed E-state index contributed by atoms with van der Waals surface area (Å²) in [7, 11) is 0. The van der Waals surface area contributed by atoms with Gasteiger partial charge in [0.15, 0.2) is 0 Å². The molecule has 1 saturated heterocycles. The van der Waals surface area contributed by atoms with Gasteiger partial charge in [-0.1, -0.05) is 6.42 Å². The second-order valence-corrected chi connectivity index (χ2v) is 4.08. The number of ether oxygens (including phenoxy) is 1. The second-order valence-electron chi connectivity index (χ2n) is 4.08. The van der Waals surface area contributed by atoms with Crippen molar-refractivity contribution in [2.24, 2.45) is 0 Å². The Hall–Kier alpha value is -0.760. The van der Waals surface area contributed by atoms with E-state index in [-0.39, 0.29) is 5.60 Å². The van der Waals surface area contributed by atoms with Gasteiger partial charge in [0.25, 0.3) is 0 Å². The fourth-order valence-corrected chi connectivity index (χ4v) is 1.53. The van der Waals surface area contributed by atoms with Crippen LogP contribution < -0.4 is 0 Å². The summed E-state index contributed by atoms with van der Waals surface area (Å²) in [6, 6.07) is 2.04. The van der Waals surface area contributed by atoms with Gasteiger partial charge in [-0.05, 0) is 37.8 Å². The van der Waals surface area contributed by atoms with E-state index in [1.54, 1.807) is 6.26 Å². The minimum Gasteiger partial charge on any atom is -0.472 e. The third-order valence-electron chi connectivity index (χ3n) is 2.64. The van der Waals surface area contributed by atoms with Crippen molar-refractivity contribution < 1.29 is 9.15 Å². The van der Waals surface area contributed by atoms with Crippen molar-refractivity contribution in [3.05, 3.63) is 24.2 Å². The van der Waals surface area contributed by atoms with E-state index in [0.29, 0.717) is 0 Å². The van der Waals surface area contributed by atoms with Gasteiger partial charge in [0.05, 0.1) is 24.7 Å². The maximum absolute atomic E-state index is 5.31. The monoisotopic (exact) mass is 180 g/mol. The average Bonchev–Trinajstić information content (AvgIpc) is 2.69. The maximum Gasteiger partial charge on any atom is 0.0934 e. The summed E-state index contributed by atoms with van der Waals surface area (Å²) >= 11 is 0. The topological polar surface area (TPSA) is 25.7 Å². The molecule has 0 saturated carbocycles. The first kappa shape index (κ1) is 8.82. The minimum atomic E-state index is 0.233. The molecule has 0 aliphatic carbocycles. The molecule has 2 rings (SSSR count). The van der Waals surface area contributed by atoms with Crippen LogP contribution in [-0.4, -0.2) is 12.2 Å². The molecule has 2 nitrogen and oxygen atoms in total. The molecule has 0 bridgehead atoms. The van der Waals surface area contributed by atoms with E-state index >= 15 is 0 Å². The first-order valence-electron chi connectivity index (χ1n) is 4.94. The van der Waals surface area contributed by atoms with Crippen LogP contribution in [0.3, 0.4) is 0 Å². The smallest absolute Gasteiger partial charge is 0.0934 e. The molecule has 13 heavy (non-hydrogen) atoms. The SMILES string of the molecule is CC1(CCCCc2ccoc2)CO1. The number of rotatable bonds is 5. The van der Waals surface area contributed by atoms with Crippen molar-refractivity contribution in [3.8, 4) is 0 Å². The van der Waals surface area contributed by atoms with E-state index < -0.39 is 0 Å². The molecule has 1 aliphatic heterocycles. The van der Waals surface area contributed by atoms with E-state index in [2.05, 4.69) is 6.92 Å². The van der Waals surface area contributed by atoms with Crippen LogP contribution in [0.25, 0.3) is 0 Å². The standard InChI is InChI=1S/C11H16O2/c1-11(9-13-11)6-3-2-4-10-5-7-12-8-10/h5,7-8H,2-4,6,9H2,1H3. The zero-order valence-corrected chi connectivity index (χ0v) is 8.08. The third kappa shape index (κ3) is 2.59. The van der Waals surface area contributed by atoms with E-state index in [4.69, 9.17) is 9.15 Å². The average molecular weight is 180 g/mol. The molecule has 1 aromatic rings. The first-order valence-corrected chi connectivity index (χ1v) is 4.94. The molecule has 0 spiro atoms. The number of epoxide rings is 1. The Bertz CT molecular complexity index is 247. The molecule has 0 N–H and O–H groups in total. The molecule has 72 valence electrons. The van der Waals surface area contributed by atoms with Crippen molar-refractivity contribution in [1.82, 2.24) is 0 Å². The molecular formula is C11H16O2. The van der Waals surface area contributed by atoms with Gasteiger partial charge in [0.2, 0.25) is 0 Å². The van der Waals surface area contributed by atoms with E-state index in [1.165, 1.54) is 24.8 Å². The van der Waals surface area contributed by atoms with Gasteiger partial charge in [-0.15, -0.1) is 0 Å². The summed E-state index contributed by atoms with van der Waals surface area (Å²) in [6.45, 7) is 3.14. The Morgan fingerprint density at radius 1 is 1.46 bits per heavy atom. The molecule has 0 radical (unpaired) electrons. The van der Waals surface area contributed by atoms with Gasteiger partial charge in [-0.3, -0.25) is 0 Å². The van der Waals surface area contributed by atoms with E-state index in [1.807, 2.05) is 12.3 Å². The third-order valence-corrected chi connectivity index (χ3v) is 2.64. The van der Waals surface area contributed by atoms with Gasteiger partial charge >= 0.3 is 0 Å². The largest absolute Gasteiger partial charge is 0.472 e. The number of aryl methyl sites for hydroxylation is 1. The van der Waals surface area contributed by atoms with Crippen molar-refractivity contribution in [3.63, 3.8) is 0 Å². The van der Waals surface area contributed by atoms with Crippen molar-refractivity contribution >= 4 is 0 Å². The zero-order chi connectivity index (χ0) is 9.15. The highest BCUT2D eigenvalue weighted by molar-refractivity contribution is 5.04. The zero-order valence-electron chi connectivity index (χ0n) is 8.08. The summed E-state index contributed by atoms with van der Waals surface area (Å²) in [6.07, 6.45) is 8.38. The van der Waals surface area contributed by atoms with Crippen LogP contribution in [0.15, 0.2) is 23.0 Å². The molecule has 1 aromatic heterocycles. The molecule has 1 unspecified atom stereocenters. The Kier molecular flexibility index (Phi) is 2.40. The highest BCUT2D eigenvalue weighted by Crippen LogP contribution is 2.31. The van der Waals surface area contributed by atoms with Crippen molar-refractivity contribution in [2.45, 2.75) is 38.2 Å². The minimum absolute atomic E-state index is 0.233. The van der Waals surface area contributed by atoms with Gasteiger partial charge in [0, 0.05) is 0 Å². The lowest BCUT2D eigenvalue weighted by molar-refractivity contribution is 0.302. The van der Waals surface area contributed by atoms with Crippen molar-refractivity contribution in [1.29, 1.82) is 0 Å². The molecule has 1 aliphatic rings. The van der Waals surface area contributed by atoms with Crippen LogP contribution in [0.4, 0.5) is 0 Å². The quantitative estimate of drug-likeness (QED) is 0.514. The molecule has 0 aromatic carbocycles. The lowest BCUT2D eigenvalue weighted by atomic mass is 10.0. The fraction of sp³-hybridized carbons (Fsp3) is 0.636. The van der Waals surface area contributed by atoms with Crippen LogP contribution in [0.1, 0.15) is 31.7 Å². The summed E-state index contributed by atoms with van der Waals surface area (Å²) < 4.78 is 10.3. The Morgan fingerprint density at radius 2 is 2.31 bits per heavy atom. The number of unbranched alkanes of at least 4 members (excludes halogenated alkanes) is 1. The molecule has 1 atom stereocenters. The summed E-state index contributed by atoms with van der Waals surface area (Å²) in [5.41, 5.74) is 1.54. The van der Waals surface area contributed by atoms with Gasteiger partial charge in [-0.2, -0.15) is 0 Å². The lowest BCUT2D eigenvalue weighted by Crippen LogP contribution is -2.03. The molecule has 0 amide bonds. The molecule has 2 heteroatoms. The van der Waals surface area contributed by atoms with Gasteiger partial charge in [-0.25, -0.2) is 0 Å². The van der Waals surface area contributed by atoms with Crippen LogP contribution in [0, 0.1) is 0 Å². The number of hydrogen-bond acceptors (Lipinski definition) is 2. The number of hydrogen-bond donors (Lipinski definition) is 0. The van der Waals surface area contributed by atoms with Crippen LogP contribution >= 0.6 is 0 Å². The first-order chi connectivity index (χ1) is 6.29. The second kappa shape index (κ2) is 3.54. The number of furan rings is 1. The summed E-state index contributed by atoms with van der Waals surface area (Å²) in [4.78, 5) is 0. The van der Waals surface area contributed by atoms with Crippen LogP contribution in [-0.2, 0) is 11.2 Å².